The fourth-order valence-electron chi connectivity index (χ4n) is 1.27. The Labute approximate surface area is 101 Å². The lowest BCUT2D eigenvalue weighted by Crippen LogP contribution is -2.38. The zero-order valence-electron chi connectivity index (χ0n) is 9.83. The number of amides is 1. The summed E-state index contributed by atoms with van der Waals surface area (Å²) in [6, 6.07) is 0. The van der Waals surface area contributed by atoms with Crippen LogP contribution in [0.3, 0.4) is 0 Å². The lowest BCUT2D eigenvalue weighted by Gasteiger charge is -2.11. The summed E-state index contributed by atoms with van der Waals surface area (Å²) < 4.78 is 24.0. The Morgan fingerprint density at radius 2 is 2.11 bits per heavy atom. The quantitative estimate of drug-likeness (QED) is 0.696. The molecule has 0 fully saturated rings. The molecule has 1 aromatic rings. The summed E-state index contributed by atoms with van der Waals surface area (Å²) in [7, 11) is 0. The van der Waals surface area contributed by atoms with Crippen LogP contribution in [-0.2, 0) is 0 Å². The number of aryl methyl sites for hydroxylation is 1. The van der Waals surface area contributed by atoms with Gasteiger partial charge in [-0.15, -0.1) is 0 Å². The molecule has 0 aliphatic rings. The van der Waals surface area contributed by atoms with Gasteiger partial charge in [-0.1, -0.05) is 0 Å². The Kier molecular flexibility index (Phi) is 4.49. The monoisotopic (exact) mass is 261 g/mol. The van der Waals surface area contributed by atoms with E-state index in [2.05, 4.69) is 15.5 Å². The van der Waals surface area contributed by atoms with Gasteiger partial charge in [0.25, 0.3) is 17.9 Å². The number of hydrogen-bond acceptors (Lipinski definition) is 4. The largest absolute Gasteiger partial charge is 0.385 e. The van der Waals surface area contributed by atoms with Gasteiger partial charge in [-0.05, 0) is 19.4 Å². The number of H-pyrrole nitrogens is 1. The molecule has 1 atom stereocenters. The number of halogens is 2. The molecule has 0 saturated carbocycles. The Bertz CT molecular complexity index is 502. The van der Waals surface area contributed by atoms with Crippen molar-refractivity contribution in [1.29, 1.82) is 0 Å². The highest BCUT2D eigenvalue weighted by Crippen LogP contribution is 2.05. The molecule has 0 aliphatic carbocycles. The lowest BCUT2D eigenvalue weighted by molar-refractivity contribution is -0.00271. The number of carbonyl (C=O) groups excluding carboxylic acids is 1. The van der Waals surface area contributed by atoms with Crippen molar-refractivity contribution in [3.05, 3.63) is 27.2 Å². The van der Waals surface area contributed by atoms with Crippen molar-refractivity contribution in [2.24, 2.45) is 0 Å². The van der Waals surface area contributed by atoms with Gasteiger partial charge in [-0.2, -0.15) is 5.10 Å². The predicted octanol–water partition coefficient (Wildman–Crippen LogP) is -0.257. The van der Waals surface area contributed by atoms with Gasteiger partial charge in [0.2, 0.25) is 0 Å². The molecule has 1 rings (SSSR count). The molecule has 3 N–H and O–H groups in total. The maximum Gasteiger partial charge on any atom is 0.277 e. The topological polar surface area (TPSA) is 95.1 Å². The first kappa shape index (κ1) is 14.2. The smallest absolute Gasteiger partial charge is 0.277 e. The number of nitrogens with one attached hydrogen (secondary N) is 2. The zero-order valence-corrected chi connectivity index (χ0v) is 9.83. The molecule has 1 heterocycles. The van der Waals surface area contributed by atoms with Gasteiger partial charge in [0.15, 0.2) is 0 Å². The van der Waals surface area contributed by atoms with Crippen molar-refractivity contribution in [3.8, 4) is 0 Å². The van der Waals surface area contributed by atoms with Gasteiger partial charge in [-0.3, -0.25) is 9.59 Å². The summed E-state index contributed by atoms with van der Waals surface area (Å²) >= 11 is 0. The number of hydrogen-bond donors (Lipinski definition) is 3. The van der Waals surface area contributed by atoms with E-state index in [-0.39, 0.29) is 5.56 Å². The molecule has 8 heteroatoms. The summed E-state index contributed by atoms with van der Waals surface area (Å²) in [6.45, 7) is 2.49. The molecule has 18 heavy (non-hydrogen) atoms. The van der Waals surface area contributed by atoms with Crippen molar-refractivity contribution in [1.82, 2.24) is 15.5 Å². The number of aromatic amines is 1. The summed E-state index contributed by atoms with van der Waals surface area (Å²) in [5.41, 5.74) is -0.0805. The van der Waals surface area contributed by atoms with E-state index in [9.17, 15) is 18.4 Å². The van der Waals surface area contributed by atoms with Crippen LogP contribution < -0.4 is 10.9 Å². The Morgan fingerprint density at radius 1 is 1.50 bits per heavy atom. The van der Waals surface area contributed by atoms with E-state index in [1.807, 2.05) is 0 Å². The SMILES string of the molecule is Cc1n[nH]c(=O)c(C(=O)NCC(O)C(F)F)c1C. The van der Waals surface area contributed by atoms with Gasteiger partial charge < -0.3 is 10.4 Å². The normalized spacial score (nSPS) is 12.6. The van der Waals surface area contributed by atoms with Gasteiger partial charge in [0, 0.05) is 6.54 Å². The van der Waals surface area contributed by atoms with E-state index >= 15 is 0 Å². The third-order valence-corrected chi connectivity index (χ3v) is 2.46. The second kappa shape index (κ2) is 5.67. The van der Waals surface area contributed by atoms with E-state index in [4.69, 9.17) is 5.11 Å². The minimum absolute atomic E-state index is 0.191. The van der Waals surface area contributed by atoms with Crippen LogP contribution in [0.1, 0.15) is 21.6 Å². The maximum atomic E-state index is 12.0. The van der Waals surface area contributed by atoms with E-state index < -0.39 is 30.5 Å². The standard InChI is InChI=1S/C10H13F2N3O3/c1-4-5(2)14-15-10(18)7(4)9(17)13-3-6(16)8(11)12/h6,8,16H,3H2,1-2H3,(H,13,17)(H,15,18). The highest BCUT2D eigenvalue weighted by molar-refractivity contribution is 5.95. The second-order valence-corrected chi connectivity index (χ2v) is 3.75. The van der Waals surface area contributed by atoms with Crippen LogP contribution in [0.25, 0.3) is 0 Å². The molecule has 1 amide bonds. The van der Waals surface area contributed by atoms with Crippen molar-refractivity contribution in [2.75, 3.05) is 6.54 Å². The van der Waals surface area contributed by atoms with Gasteiger partial charge in [-0.25, -0.2) is 13.9 Å². The maximum absolute atomic E-state index is 12.0. The number of aromatic nitrogens is 2. The number of nitrogens with zero attached hydrogens (tertiary/aromatic N) is 1. The molecule has 0 aromatic carbocycles. The first-order valence-electron chi connectivity index (χ1n) is 5.15. The molecule has 0 spiro atoms. The van der Waals surface area contributed by atoms with E-state index in [1.54, 1.807) is 6.92 Å². The van der Waals surface area contributed by atoms with Crippen molar-refractivity contribution < 1.29 is 18.7 Å². The number of carbonyl (C=O) groups is 1. The molecule has 0 bridgehead atoms. The second-order valence-electron chi connectivity index (χ2n) is 3.75. The molecular weight excluding hydrogens is 248 g/mol. The van der Waals surface area contributed by atoms with Crippen LogP contribution in [-0.4, -0.2) is 40.3 Å². The van der Waals surface area contributed by atoms with Crippen molar-refractivity contribution in [2.45, 2.75) is 26.4 Å². The third kappa shape index (κ3) is 3.10. The summed E-state index contributed by atoms with van der Waals surface area (Å²) in [6.07, 6.45) is -4.92. The highest BCUT2D eigenvalue weighted by atomic mass is 19.3. The van der Waals surface area contributed by atoms with Gasteiger partial charge >= 0.3 is 0 Å². The van der Waals surface area contributed by atoms with Gasteiger partial charge in [0.1, 0.15) is 11.7 Å². The number of aliphatic hydroxyl groups is 1. The first-order chi connectivity index (χ1) is 8.34. The molecule has 6 nitrogen and oxygen atoms in total. The average Bonchev–Trinajstić information content (AvgIpc) is 2.31. The minimum atomic E-state index is -2.95. The Morgan fingerprint density at radius 3 is 2.67 bits per heavy atom. The number of aliphatic hydroxyl groups excluding tert-OH is 1. The lowest BCUT2D eigenvalue weighted by atomic mass is 10.1. The van der Waals surface area contributed by atoms with E-state index in [0.717, 1.165) is 0 Å². The van der Waals surface area contributed by atoms with E-state index in [1.165, 1.54) is 6.92 Å². The van der Waals surface area contributed by atoms with E-state index in [0.29, 0.717) is 11.3 Å². The molecule has 100 valence electrons. The average molecular weight is 261 g/mol. The first-order valence-corrected chi connectivity index (χ1v) is 5.15. The molecule has 0 saturated heterocycles. The molecule has 1 unspecified atom stereocenters. The molecule has 1 aromatic heterocycles. The van der Waals surface area contributed by atoms with Crippen LogP contribution in [0.5, 0.6) is 0 Å². The number of alkyl halides is 2. The van der Waals surface area contributed by atoms with Crippen LogP contribution in [0, 0.1) is 13.8 Å². The molecule has 0 radical (unpaired) electrons. The van der Waals surface area contributed by atoms with Crippen LogP contribution in [0.2, 0.25) is 0 Å². The summed E-state index contributed by atoms with van der Waals surface area (Å²) in [4.78, 5) is 23.1. The number of rotatable bonds is 4. The van der Waals surface area contributed by atoms with Crippen molar-refractivity contribution >= 4 is 5.91 Å². The molecule has 0 aliphatic heterocycles. The summed E-state index contributed by atoms with van der Waals surface area (Å²) in [5, 5.41) is 16.7. The fraction of sp³-hybridized carbons (Fsp3) is 0.500. The zero-order chi connectivity index (χ0) is 13.9. The van der Waals surface area contributed by atoms with Crippen LogP contribution >= 0.6 is 0 Å². The van der Waals surface area contributed by atoms with Crippen LogP contribution in [0.4, 0.5) is 8.78 Å². The Balaban J connectivity index is 2.86. The summed E-state index contributed by atoms with van der Waals surface area (Å²) in [5.74, 6) is -0.820. The Hall–Kier alpha value is -1.83. The fourth-order valence-corrected chi connectivity index (χ4v) is 1.27. The van der Waals surface area contributed by atoms with Crippen LogP contribution in [0.15, 0.2) is 4.79 Å². The predicted molar refractivity (Wildman–Crippen MR) is 58.7 cm³/mol. The highest BCUT2D eigenvalue weighted by Gasteiger charge is 2.20. The third-order valence-electron chi connectivity index (χ3n) is 2.46. The van der Waals surface area contributed by atoms with Crippen molar-refractivity contribution in [3.63, 3.8) is 0 Å². The van der Waals surface area contributed by atoms with Gasteiger partial charge in [0.05, 0.1) is 5.69 Å². The minimum Gasteiger partial charge on any atom is -0.385 e. The molecular formula is C10H13F2N3O3.